The van der Waals surface area contributed by atoms with Gasteiger partial charge < -0.3 is 15.4 Å². The molecule has 2 amide bonds. The van der Waals surface area contributed by atoms with Crippen LogP contribution < -0.4 is 10.6 Å². The summed E-state index contributed by atoms with van der Waals surface area (Å²) < 4.78 is 5.39. The molecule has 210 valence electrons. The SMILES string of the molecule is O=C(N[C@@H](Cc1ccccc1)C(=O)N[C@@H](Cc1ccccc1)C(=O)CSCc1ccccc1)OCc1ccccc1. The minimum Gasteiger partial charge on any atom is -0.445 e. The maximum Gasteiger partial charge on any atom is 0.408 e. The number of alkyl carbamates (subject to hydrolysis) is 1. The zero-order valence-corrected chi connectivity index (χ0v) is 23.6. The molecule has 0 radical (unpaired) electrons. The van der Waals surface area contributed by atoms with E-state index in [0.717, 1.165) is 22.3 Å². The highest BCUT2D eigenvalue weighted by Crippen LogP contribution is 2.14. The number of Topliss-reactive ketones (excluding diaryl/α,β-unsaturated/α-hetero) is 1. The van der Waals surface area contributed by atoms with Crippen molar-refractivity contribution >= 4 is 29.5 Å². The van der Waals surface area contributed by atoms with Gasteiger partial charge in [-0.1, -0.05) is 121 Å². The summed E-state index contributed by atoms with van der Waals surface area (Å²) in [4.78, 5) is 39.7. The molecule has 0 fully saturated rings. The minimum atomic E-state index is -0.927. The number of amides is 2. The van der Waals surface area contributed by atoms with Crippen LogP contribution in [-0.4, -0.2) is 35.6 Å². The molecule has 0 aliphatic carbocycles. The van der Waals surface area contributed by atoms with Crippen LogP contribution >= 0.6 is 11.8 Å². The first-order valence-electron chi connectivity index (χ1n) is 13.6. The van der Waals surface area contributed by atoms with E-state index in [1.807, 2.05) is 121 Å². The van der Waals surface area contributed by atoms with Gasteiger partial charge in [-0.3, -0.25) is 9.59 Å². The Bertz CT molecular complexity index is 1370. The van der Waals surface area contributed by atoms with Crippen LogP contribution in [0.25, 0.3) is 0 Å². The van der Waals surface area contributed by atoms with Gasteiger partial charge in [0.1, 0.15) is 12.6 Å². The standard InChI is InChI=1S/C34H34N2O4S/c37-32(25-41-24-29-19-11-4-12-20-29)30(21-26-13-5-1-6-14-26)35-33(38)31(22-27-15-7-2-8-16-27)36-34(39)40-23-28-17-9-3-10-18-28/h1-20,30-31H,21-25H2,(H,35,38)(H,36,39)/t30-,31-/m0/s1. The third-order valence-electron chi connectivity index (χ3n) is 6.45. The van der Waals surface area contributed by atoms with Crippen LogP contribution in [0.2, 0.25) is 0 Å². The molecule has 0 aromatic heterocycles. The van der Waals surface area contributed by atoms with Gasteiger partial charge in [-0.15, -0.1) is 11.8 Å². The van der Waals surface area contributed by atoms with Gasteiger partial charge in [0.05, 0.1) is 11.8 Å². The molecule has 4 aromatic rings. The Kier molecular flexibility index (Phi) is 11.6. The van der Waals surface area contributed by atoms with Crippen molar-refractivity contribution in [3.8, 4) is 0 Å². The smallest absolute Gasteiger partial charge is 0.408 e. The molecule has 0 unspecified atom stereocenters. The van der Waals surface area contributed by atoms with E-state index in [-0.39, 0.29) is 24.6 Å². The number of hydrogen-bond donors (Lipinski definition) is 2. The molecule has 7 heteroatoms. The summed E-state index contributed by atoms with van der Waals surface area (Å²) in [7, 11) is 0. The summed E-state index contributed by atoms with van der Waals surface area (Å²) in [5.74, 6) is 0.438. The minimum absolute atomic E-state index is 0.0757. The number of carbonyl (C=O) groups is 3. The van der Waals surface area contributed by atoms with Gasteiger partial charge in [0.2, 0.25) is 5.91 Å². The van der Waals surface area contributed by atoms with Crippen LogP contribution in [0.15, 0.2) is 121 Å². The van der Waals surface area contributed by atoms with Crippen molar-refractivity contribution in [2.45, 2.75) is 37.3 Å². The fourth-order valence-electron chi connectivity index (χ4n) is 4.28. The lowest BCUT2D eigenvalue weighted by Gasteiger charge is -2.23. The van der Waals surface area contributed by atoms with Crippen LogP contribution in [-0.2, 0) is 39.5 Å². The van der Waals surface area contributed by atoms with Gasteiger partial charge >= 0.3 is 6.09 Å². The number of benzene rings is 4. The molecule has 41 heavy (non-hydrogen) atoms. The normalized spacial score (nSPS) is 12.1. The molecule has 4 rings (SSSR count). The number of rotatable bonds is 14. The average molecular weight is 567 g/mol. The van der Waals surface area contributed by atoms with E-state index in [9.17, 15) is 14.4 Å². The molecule has 0 spiro atoms. The second-order valence-corrected chi connectivity index (χ2v) is 10.6. The molecule has 4 aromatic carbocycles. The molecule has 2 atom stereocenters. The Balaban J connectivity index is 1.44. The number of ether oxygens (including phenoxy) is 1. The Morgan fingerprint density at radius 3 is 1.59 bits per heavy atom. The van der Waals surface area contributed by atoms with Gasteiger partial charge in [0.15, 0.2) is 5.78 Å². The summed E-state index contributed by atoms with van der Waals surface area (Å²) in [5, 5.41) is 5.66. The first kappa shape index (κ1) is 29.6. The third-order valence-corrected chi connectivity index (χ3v) is 7.47. The fourth-order valence-corrected chi connectivity index (χ4v) is 5.21. The summed E-state index contributed by atoms with van der Waals surface area (Å²) in [6, 6.07) is 36.7. The second-order valence-electron chi connectivity index (χ2n) is 9.64. The quantitative estimate of drug-likeness (QED) is 0.203. The number of thioether (sulfide) groups is 1. The number of nitrogens with one attached hydrogen (secondary N) is 2. The molecule has 2 N–H and O–H groups in total. The van der Waals surface area contributed by atoms with Crippen LogP contribution in [0.1, 0.15) is 22.3 Å². The molecule has 0 saturated heterocycles. The monoisotopic (exact) mass is 566 g/mol. The molecule has 0 bridgehead atoms. The van der Waals surface area contributed by atoms with Crippen molar-refractivity contribution in [1.29, 1.82) is 0 Å². The van der Waals surface area contributed by atoms with Gasteiger partial charge in [-0.2, -0.15) is 0 Å². The summed E-state index contributed by atoms with van der Waals surface area (Å²) in [6.07, 6.45) is -0.0927. The van der Waals surface area contributed by atoms with Crippen LogP contribution in [0.5, 0.6) is 0 Å². The number of carbonyl (C=O) groups excluding carboxylic acids is 3. The molecule has 0 heterocycles. The van der Waals surface area contributed by atoms with Crippen molar-refractivity contribution in [3.05, 3.63) is 144 Å². The maximum absolute atomic E-state index is 13.6. The summed E-state index contributed by atoms with van der Waals surface area (Å²) >= 11 is 1.52. The van der Waals surface area contributed by atoms with E-state index >= 15 is 0 Å². The van der Waals surface area contributed by atoms with E-state index in [1.165, 1.54) is 11.8 Å². The van der Waals surface area contributed by atoms with Gasteiger partial charge in [0, 0.05) is 12.2 Å². The molecular formula is C34H34N2O4S. The van der Waals surface area contributed by atoms with Crippen molar-refractivity contribution in [3.63, 3.8) is 0 Å². The maximum atomic E-state index is 13.6. The topological polar surface area (TPSA) is 84.5 Å². The fraction of sp³-hybridized carbons (Fsp3) is 0.206. The predicted molar refractivity (Wildman–Crippen MR) is 163 cm³/mol. The Labute approximate surface area is 245 Å². The van der Waals surface area contributed by atoms with Crippen LogP contribution in [0, 0.1) is 0 Å². The molecule has 0 aliphatic heterocycles. The molecule has 6 nitrogen and oxygen atoms in total. The number of ketones is 1. The lowest BCUT2D eigenvalue weighted by Crippen LogP contribution is -2.53. The highest BCUT2D eigenvalue weighted by Gasteiger charge is 2.27. The summed E-state index contributed by atoms with van der Waals surface area (Å²) in [6.45, 7) is 0.0834. The van der Waals surface area contributed by atoms with Gasteiger partial charge in [-0.05, 0) is 28.7 Å². The molecule has 0 saturated carbocycles. The Morgan fingerprint density at radius 2 is 1.05 bits per heavy atom. The Hall–Kier alpha value is -4.36. The molecule has 0 aliphatic rings. The first-order chi connectivity index (χ1) is 20.1. The zero-order chi connectivity index (χ0) is 28.7. The first-order valence-corrected chi connectivity index (χ1v) is 14.7. The lowest BCUT2D eigenvalue weighted by molar-refractivity contribution is -0.128. The lowest BCUT2D eigenvalue weighted by atomic mass is 10.0. The average Bonchev–Trinajstić information content (AvgIpc) is 3.01. The van der Waals surface area contributed by atoms with Crippen LogP contribution in [0.3, 0.4) is 0 Å². The zero-order valence-electron chi connectivity index (χ0n) is 22.8. The Morgan fingerprint density at radius 1 is 0.585 bits per heavy atom. The van der Waals surface area contributed by atoms with E-state index < -0.39 is 24.1 Å². The van der Waals surface area contributed by atoms with Crippen LogP contribution in [0.4, 0.5) is 4.79 Å². The molecular weight excluding hydrogens is 532 g/mol. The summed E-state index contributed by atoms with van der Waals surface area (Å²) in [5.41, 5.74) is 3.79. The third kappa shape index (κ3) is 10.3. The van der Waals surface area contributed by atoms with Gasteiger partial charge in [-0.25, -0.2) is 4.79 Å². The van der Waals surface area contributed by atoms with Crippen molar-refractivity contribution in [1.82, 2.24) is 10.6 Å². The highest BCUT2D eigenvalue weighted by molar-refractivity contribution is 7.99. The number of hydrogen-bond acceptors (Lipinski definition) is 5. The van der Waals surface area contributed by atoms with E-state index in [0.29, 0.717) is 12.2 Å². The van der Waals surface area contributed by atoms with E-state index in [4.69, 9.17) is 4.74 Å². The second kappa shape index (κ2) is 16.0. The highest BCUT2D eigenvalue weighted by atomic mass is 32.2. The van der Waals surface area contributed by atoms with E-state index in [2.05, 4.69) is 10.6 Å². The van der Waals surface area contributed by atoms with Gasteiger partial charge in [0.25, 0.3) is 0 Å². The van der Waals surface area contributed by atoms with Crippen molar-refractivity contribution < 1.29 is 19.1 Å². The van der Waals surface area contributed by atoms with E-state index in [1.54, 1.807) is 0 Å². The largest absolute Gasteiger partial charge is 0.445 e. The van der Waals surface area contributed by atoms with Crippen molar-refractivity contribution in [2.24, 2.45) is 0 Å². The predicted octanol–water partition coefficient (Wildman–Crippen LogP) is 5.75. The van der Waals surface area contributed by atoms with Crippen molar-refractivity contribution in [2.75, 3.05) is 5.75 Å².